The van der Waals surface area contributed by atoms with Crippen LogP contribution in [-0.4, -0.2) is 20.9 Å². The topological polar surface area (TPSA) is 66.5 Å². The van der Waals surface area contributed by atoms with E-state index in [9.17, 15) is 13.2 Å². The van der Waals surface area contributed by atoms with Crippen LogP contribution in [0.5, 0.6) is 0 Å². The minimum atomic E-state index is -3.59. The Hall–Kier alpha value is -1.38. The summed E-state index contributed by atoms with van der Waals surface area (Å²) in [6, 6.07) is 8.58. The zero-order valence-corrected chi connectivity index (χ0v) is 15.6. The first kappa shape index (κ1) is 16.5. The molecule has 122 valence electrons. The Morgan fingerprint density at radius 2 is 2.04 bits per heavy atom. The van der Waals surface area contributed by atoms with Gasteiger partial charge in [0.05, 0.1) is 3.79 Å². The van der Waals surface area contributed by atoms with Crippen LogP contribution in [-0.2, 0) is 21.2 Å². The van der Waals surface area contributed by atoms with Gasteiger partial charge in [-0.1, -0.05) is 0 Å². The molecule has 0 radical (unpaired) electrons. The first-order valence-corrected chi connectivity index (χ1v) is 10.2. The third kappa shape index (κ3) is 3.29. The summed E-state index contributed by atoms with van der Waals surface area (Å²) in [5.74, 6) is 0.108. The van der Waals surface area contributed by atoms with Crippen LogP contribution in [0.1, 0.15) is 18.9 Å². The van der Waals surface area contributed by atoms with E-state index >= 15 is 0 Å². The van der Waals surface area contributed by atoms with Gasteiger partial charge in [-0.25, -0.2) is 8.42 Å². The van der Waals surface area contributed by atoms with E-state index in [1.165, 1.54) is 0 Å². The van der Waals surface area contributed by atoms with Crippen LogP contribution in [0.15, 0.2) is 38.3 Å². The molecule has 3 rings (SSSR count). The maximum atomic E-state index is 12.4. The van der Waals surface area contributed by atoms with Gasteiger partial charge in [0, 0.05) is 24.3 Å². The first-order valence-electron chi connectivity index (χ1n) is 7.12. The van der Waals surface area contributed by atoms with Gasteiger partial charge in [0.2, 0.25) is 5.91 Å². The highest BCUT2D eigenvalue weighted by atomic mass is 79.9. The molecule has 1 aliphatic rings. The molecule has 1 aromatic carbocycles. The van der Waals surface area contributed by atoms with Crippen molar-refractivity contribution in [2.75, 3.05) is 16.2 Å². The van der Waals surface area contributed by atoms with Gasteiger partial charge in [0.15, 0.2) is 0 Å². The number of aryl methyl sites for hydroxylation is 1. The van der Waals surface area contributed by atoms with Crippen molar-refractivity contribution in [2.45, 2.75) is 24.0 Å². The van der Waals surface area contributed by atoms with Crippen LogP contribution < -0.4 is 9.62 Å². The number of fused-ring (bicyclic) bond motifs is 1. The summed E-state index contributed by atoms with van der Waals surface area (Å²) >= 11 is 4.43. The number of thiophene rings is 1. The molecule has 0 bridgehead atoms. The van der Waals surface area contributed by atoms with E-state index in [1.54, 1.807) is 29.2 Å². The Labute approximate surface area is 147 Å². The van der Waals surface area contributed by atoms with E-state index < -0.39 is 10.0 Å². The van der Waals surface area contributed by atoms with Crippen molar-refractivity contribution in [3.8, 4) is 0 Å². The molecule has 0 atom stereocenters. The third-order valence-electron chi connectivity index (χ3n) is 3.66. The number of carbonyl (C=O) groups is 1. The lowest BCUT2D eigenvalue weighted by Gasteiger charge is -2.28. The molecule has 1 aliphatic heterocycles. The van der Waals surface area contributed by atoms with Crippen molar-refractivity contribution >= 4 is 54.6 Å². The third-order valence-corrected chi connectivity index (χ3v) is 7.16. The predicted molar refractivity (Wildman–Crippen MR) is 95.6 cm³/mol. The second-order valence-corrected chi connectivity index (χ2v) is 9.52. The number of halogens is 1. The second-order valence-electron chi connectivity index (χ2n) is 5.15. The Morgan fingerprint density at radius 1 is 1.26 bits per heavy atom. The van der Waals surface area contributed by atoms with Crippen molar-refractivity contribution in [2.24, 2.45) is 0 Å². The SMILES string of the molecule is CCN1C(=O)CCc2cc(NS(=O)(=O)c3ccc(Br)s3)ccc21. The van der Waals surface area contributed by atoms with E-state index in [-0.39, 0.29) is 10.1 Å². The largest absolute Gasteiger partial charge is 0.312 e. The van der Waals surface area contributed by atoms with Gasteiger partial charge in [0.25, 0.3) is 10.0 Å². The number of hydrogen-bond donors (Lipinski definition) is 1. The molecule has 1 N–H and O–H groups in total. The molecule has 5 nitrogen and oxygen atoms in total. The van der Waals surface area contributed by atoms with Crippen LogP contribution in [0.25, 0.3) is 0 Å². The summed E-state index contributed by atoms with van der Waals surface area (Å²) in [6.45, 7) is 2.54. The van der Waals surface area contributed by atoms with E-state index in [1.807, 2.05) is 13.0 Å². The molecule has 2 aromatic rings. The molecule has 0 saturated heterocycles. The first-order chi connectivity index (χ1) is 10.9. The van der Waals surface area contributed by atoms with E-state index in [2.05, 4.69) is 20.7 Å². The van der Waals surface area contributed by atoms with Gasteiger partial charge in [0.1, 0.15) is 4.21 Å². The zero-order chi connectivity index (χ0) is 16.6. The summed E-state index contributed by atoms with van der Waals surface area (Å²) in [6.07, 6.45) is 1.08. The Bertz CT molecular complexity index is 861. The Morgan fingerprint density at radius 3 is 2.70 bits per heavy atom. The van der Waals surface area contributed by atoms with Gasteiger partial charge < -0.3 is 4.90 Å². The summed E-state index contributed by atoms with van der Waals surface area (Å²) in [5, 5.41) is 0. The molecule has 0 fully saturated rings. The lowest BCUT2D eigenvalue weighted by molar-refractivity contribution is -0.118. The smallest absolute Gasteiger partial charge is 0.271 e. The highest BCUT2D eigenvalue weighted by molar-refractivity contribution is 9.11. The maximum Gasteiger partial charge on any atom is 0.271 e. The van der Waals surface area contributed by atoms with E-state index in [0.717, 1.165) is 26.4 Å². The minimum absolute atomic E-state index is 0.108. The molecule has 8 heteroatoms. The van der Waals surface area contributed by atoms with Gasteiger partial charge >= 0.3 is 0 Å². The molecular formula is C15H15BrN2O3S2. The second kappa shape index (κ2) is 6.26. The number of rotatable bonds is 4. The highest BCUT2D eigenvalue weighted by Gasteiger charge is 2.24. The van der Waals surface area contributed by atoms with Gasteiger partial charge in [-0.15, -0.1) is 11.3 Å². The quantitative estimate of drug-likeness (QED) is 0.830. The minimum Gasteiger partial charge on any atom is -0.312 e. The molecule has 23 heavy (non-hydrogen) atoms. The number of amides is 1. The fourth-order valence-electron chi connectivity index (χ4n) is 2.62. The van der Waals surface area contributed by atoms with Crippen molar-refractivity contribution in [3.05, 3.63) is 39.7 Å². The summed E-state index contributed by atoms with van der Waals surface area (Å²) in [5.41, 5.74) is 2.36. The number of carbonyl (C=O) groups excluding carboxylic acids is 1. The summed E-state index contributed by atoms with van der Waals surface area (Å²) < 4.78 is 28.4. The molecule has 0 spiro atoms. The van der Waals surface area contributed by atoms with Crippen LogP contribution >= 0.6 is 27.3 Å². The normalized spacial score (nSPS) is 14.7. The Balaban J connectivity index is 1.90. The summed E-state index contributed by atoms with van der Waals surface area (Å²) in [7, 11) is -3.59. The van der Waals surface area contributed by atoms with Crippen LogP contribution in [0, 0.1) is 0 Å². The van der Waals surface area contributed by atoms with Crippen molar-refractivity contribution in [1.29, 1.82) is 0 Å². The van der Waals surface area contributed by atoms with Gasteiger partial charge in [-0.2, -0.15) is 0 Å². The van der Waals surface area contributed by atoms with E-state index in [0.29, 0.717) is 25.1 Å². The Kier molecular flexibility index (Phi) is 4.48. The molecule has 1 amide bonds. The van der Waals surface area contributed by atoms with Gasteiger partial charge in [-0.05, 0) is 65.2 Å². The molecule has 2 heterocycles. The van der Waals surface area contributed by atoms with Crippen molar-refractivity contribution < 1.29 is 13.2 Å². The molecule has 0 unspecified atom stereocenters. The molecule has 1 aromatic heterocycles. The zero-order valence-electron chi connectivity index (χ0n) is 12.4. The average Bonchev–Trinajstić information content (AvgIpc) is 2.94. The maximum absolute atomic E-state index is 12.4. The average molecular weight is 415 g/mol. The summed E-state index contributed by atoms with van der Waals surface area (Å²) in [4.78, 5) is 13.6. The number of hydrogen-bond acceptors (Lipinski definition) is 4. The van der Waals surface area contributed by atoms with Crippen molar-refractivity contribution in [3.63, 3.8) is 0 Å². The van der Waals surface area contributed by atoms with Gasteiger partial charge in [-0.3, -0.25) is 9.52 Å². The van der Waals surface area contributed by atoms with E-state index in [4.69, 9.17) is 0 Å². The monoisotopic (exact) mass is 414 g/mol. The van der Waals surface area contributed by atoms with Crippen LogP contribution in [0.3, 0.4) is 0 Å². The number of anilines is 2. The van der Waals surface area contributed by atoms with Crippen LogP contribution in [0.4, 0.5) is 11.4 Å². The lowest BCUT2D eigenvalue weighted by atomic mass is 10.0. The standard InChI is InChI=1S/C15H15BrN2O3S2/c1-2-18-12-5-4-11(9-10(12)3-7-14(18)19)17-23(20,21)15-8-6-13(16)22-15/h4-6,8-9,17H,2-3,7H2,1H3. The molecular weight excluding hydrogens is 400 g/mol. The highest BCUT2D eigenvalue weighted by Crippen LogP contribution is 2.32. The number of sulfonamides is 1. The van der Waals surface area contributed by atoms with Crippen molar-refractivity contribution in [1.82, 2.24) is 0 Å². The molecule has 0 aliphatic carbocycles. The fraction of sp³-hybridized carbons (Fsp3) is 0.267. The van der Waals surface area contributed by atoms with Crippen LogP contribution in [0.2, 0.25) is 0 Å². The number of nitrogens with zero attached hydrogens (tertiary/aromatic N) is 1. The number of benzene rings is 1. The lowest BCUT2D eigenvalue weighted by Crippen LogP contribution is -2.34. The number of nitrogens with one attached hydrogen (secondary N) is 1. The fourth-order valence-corrected chi connectivity index (χ4v) is 5.68. The molecule has 0 saturated carbocycles. The predicted octanol–water partition coefficient (Wildman–Crippen LogP) is 3.61.